The van der Waals surface area contributed by atoms with Gasteiger partial charge in [0.1, 0.15) is 11.4 Å². The third kappa shape index (κ3) is 4.94. The Morgan fingerprint density at radius 1 is 0.412 bits per heavy atom. The first-order chi connectivity index (χ1) is 24.9. The van der Waals surface area contributed by atoms with Crippen LogP contribution in [0.25, 0.3) is 56.6 Å². The van der Waals surface area contributed by atoms with Crippen molar-refractivity contribution in [3.63, 3.8) is 0 Å². The second-order valence-corrected chi connectivity index (χ2v) is 13.1. The lowest BCUT2D eigenvalue weighted by Gasteiger charge is -2.34. The molecule has 0 aliphatic heterocycles. The van der Waals surface area contributed by atoms with Gasteiger partial charge in [-0.3, -0.25) is 0 Å². The Balaban J connectivity index is 1.27. The quantitative estimate of drug-likeness (QED) is 0.176. The van der Waals surface area contributed by atoms with Gasteiger partial charge in [0.25, 0.3) is 0 Å². The lowest BCUT2D eigenvalue weighted by molar-refractivity contribution is 0.532. The zero-order valence-corrected chi connectivity index (χ0v) is 28.8. The van der Waals surface area contributed by atoms with Crippen molar-refractivity contribution in [3.8, 4) is 56.6 Å². The van der Waals surface area contributed by atoms with Gasteiger partial charge in [0.05, 0.1) is 28.2 Å². The van der Waals surface area contributed by atoms with E-state index in [0.29, 0.717) is 23.3 Å². The molecule has 9 rings (SSSR count). The van der Waals surface area contributed by atoms with Gasteiger partial charge >= 0.3 is 0 Å². The molecule has 246 valence electrons. The van der Waals surface area contributed by atoms with E-state index in [9.17, 15) is 0 Å². The molecule has 51 heavy (non-hydrogen) atoms. The van der Waals surface area contributed by atoms with Gasteiger partial charge in [0.15, 0.2) is 23.3 Å². The first kappa shape index (κ1) is 30.6. The summed E-state index contributed by atoms with van der Waals surface area (Å²) < 4.78 is 11.9. The minimum atomic E-state index is -0.605. The summed E-state index contributed by atoms with van der Waals surface area (Å²) in [5, 5.41) is 0. The summed E-state index contributed by atoms with van der Waals surface area (Å²) in [7, 11) is 0. The summed E-state index contributed by atoms with van der Waals surface area (Å²) in [4.78, 5) is 19.2. The fourth-order valence-corrected chi connectivity index (χ4v) is 7.79. The van der Waals surface area contributed by atoms with E-state index < -0.39 is 5.41 Å². The van der Waals surface area contributed by atoms with Crippen LogP contribution in [0.3, 0.4) is 0 Å². The molecule has 0 spiro atoms. The minimum Gasteiger partial charge on any atom is -0.439 e. The zero-order valence-electron chi connectivity index (χ0n) is 28.8. The number of aryl methyl sites for hydroxylation is 4. The molecular weight excluding hydrogens is 629 g/mol. The lowest BCUT2D eigenvalue weighted by atomic mass is 9.67. The van der Waals surface area contributed by atoms with Crippen molar-refractivity contribution in [2.24, 2.45) is 0 Å². The van der Waals surface area contributed by atoms with E-state index in [4.69, 9.17) is 18.8 Å². The van der Waals surface area contributed by atoms with Gasteiger partial charge in [-0.25, -0.2) is 19.9 Å². The average Bonchev–Trinajstić information content (AvgIpc) is 3.80. The van der Waals surface area contributed by atoms with E-state index >= 15 is 0 Å². The Morgan fingerprint density at radius 2 is 0.824 bits per heavy atom. The summed E-state index contributed by atoms with van der Waals surface area (Å²) in [6.45, 7) is 7.64. The molecule has 0 amide bonds. The third-order valence-corrected chi connectivity index (χ3v) is 9.91. The number of hydrogen-bond donors (Lipinski definition) is 0. The highest BCUT2D eigenvalue weighted by molar-refractivity contribution is 5.90. The summed E-state index contributed by atoms with van der Waals surface area (Å²) in [5.74, 6) is 2.66. The largest absolute Gasteiger partial charge is 0.439 e. The van der Waals surface area contributed by atoms with Crippen LogP contribution in [-0.2, 0) is 5.41 Å². The van der Waals surface area contributed by atoms with Gasteiger partial charge in [0.2, 0.25) is 0 Å². The first-order valence-corrected chi connectivity index (χ1v) is 17.1. The highest BCUT2D eigenvalue weighted by Gasteiger charge is 2.46. The fourth-order valence-electron chi connectivity index (χ4n) is 7.79. The lowest BCUT2D eigenvalue weighted by Crippen LogP contribution is -2.28. The molecule has 8 aromatic rings. The van der Waals surface area contributed by atoms with E-state index in [1.807, 2.05) is 52.0 Å². The van der Waals surface area contributed by atoms with Crippen molar-refractivity contribution in [1.82, 2.24) is 19.9 Å². The van der Waals surface area contributed by atoms with Crippen molar-refractivity contribution < 1.29 is 8.83 Å². The molecule has 1 aliphatic carbocycles. The minimum absolute atomic E-state index is 0.605. The van der Waals surface area contributed by atoms with Crippen molar-refractivity contribution in [2.75, 3.05) is 0 Å². The molecule has 0 bridgehead atoms. The molecule has 4 aromatic carbocycles. The summed E-state index contributed by atoms with van der Waals surface area (Å²) in [5.41, 5.74) is 13.6. The van der Waals surface area contributed by atoms with Gasteiger partial charge in [-0.1, -0.05) is 97.1 Å². The van der Waals surface area contributed by atoms with Crippen LogP contribution >= 0.6 is 0 Å². The Kier molecular flexibility index (Phi) is 7.14. The topological polar surface area (TPSA) is 77.8 Å². The maximum absolute atomic E-state index is 5.96. The van der Waals surface area contributed by atoms with Crippen molar-refractivity contribution >= 4 is 0 Å². The number of oxazole rings is 2. The van der Waals surface area contributed by atoms with Gasteiger partial charge < -0.3 is 8.83 Å². The van der Waals surface area contributed by atoms with E-state index in [1.54, 1.807) is 0 Å². The van der Waals surface area contributed by atoms with E-state index in [2.05, 4.69) is 119 Å². The SMILES string of the molecule is Cc1nc(C)c(-c2cccc(-c3ccc4c(c3)C(c3ccccc3)(c3ccccc3)c3cc(-c5cccc(-c6oc(C)nc6C)n5)ccc3-4)n2)o1. The van der Waals surface area contributed by atoms with E-state index in [1.165, 1.54) is 33.4 Å². The molecule has 4 aromatic heterocycles. The zero-order chi connectivity index (χ0) is 34.7. The van der Waals surface area contributed by atoms with Crippen LogP contribution in [0, 0.1) is 27.7 Å². The molecule has 0 saturated heterocycles. The Morgan fingerprint density at radius 3 is 1.22 bits per heavy atom. The smallest absolute Gasteiger partial charge is 0.192 e. The molecule has 0 radical (unpaired) electrons. The molecule has 0 atom stereocenters. The van der Waals surface area contributed by atoms with Crippen LogP contribution in [0.15, 0.2) is 142 Å². The molecule has 0 N–H and O–H groups in total. The molecule has 1 aliphatic rings. The van der Waals surface area contributed by atoms with Crippen LogP contribution in [0.4, 0.5) is 0 Å². The number of rotatable bonds is 6. The number of aromatic nitrogens is 4. The third-order valence-electron chi connectivity index (χ3n) is 9.91. The Labute approximate surface area is 296 Å². The first-order valence-electron chi connectivity index (χ1n) is 17.1. The number of nitrogens with zero attached hydrogens (tertiary/aromatic N) is 4. The predicted octanol–water partition coefficient (Wildman–Crippen LogP) is 10.7. The number of fused-ring (bicyclic) bond motifs is 3. The van der Waals surface area contributed by atoms with Crippen LogP contribution < -0.4 is 0 Å². The van der Waals surface area contributed by atoms with Crippen LogP contribution in [0.1, 0.15) is 45.4 Å². The molecule has 4 heterocycles. The van der Waals surface area contributed by atoms with Crippen molar-refractivity contribution in [2.45, 2.75) is 33.1 Å². The van der Waals surface area contributed by atoms with Crippen LogP contribution in [0.2, 0.25) is 0 Å². The maximum atomic E-state index is 5.96. The second kappa shape index (κ2) is 11.9. The Bertz CT molecular complexity index is 2400. The number of pyridine rings is 2. The maximum Gasteiger partial charge on any atom is 0.192 e. The van der Waals surface area contributed by atoms with Crippen molar-refractivity contribution in [1.29, 1.82) is 0 Å². The predicted molar refractivity (Wildman–Crippen MR) is 200 cm³/mol. The normalized spacial score (nSPS) is 12.9. The van der Waals surface area contributed by atoms with Gasteiger partial charge in [-0.05, 0) is 83.6 Å². The molecule has 0 unspecified atom stereocenters. The van der Waals surface area contributed by atoms with Gasteiger partial charge in [-0.15, -0.1) is 0 Å². The standard InChI is InChI=1S/C45H34N4O2/c1-27-43(50-29(3)46-27)41-19-11-17-39(48-41)31-21-23-35-36-24-22-32(40-18-12-20-42(49-40)44-28(2)47-30(4)51-44)26-38(36)45(37(35)25-31,33-13-7-5-8-14-33)34-15-9-6-10-16-34/h5-26H,1-4H3. The van der Waals surface area contributed by atoms with Gasteiger partial charge in [-0.2, -0.15) is 0 Å². The number of hydrogen-bond acceptors (Lipinski definition) is 6. The molecule has 6 nitrogen and oxygen atoms in total. The Hall–Kier alpha value is -6.40. The van der Waals surface area contributed by atoms with Crippen LogP contribution in [-0.4, -0.2) is 19.9 Å². The van der Waals surface area contributed by atoms with E-state index in [0.717, 1.165) is 45.3 Å². The average molecular weight is 663 g/mol. The summed E-state index contributed by atoms with van der Waals surface area (Å²) in [6.07, 6.45) is 0. The summed E-state index contributed by atoms with van der Waals surface area (Å²) in [6, 6.07) is 47.3. The second-order valence-electron chi connectivity index (χ2n) is 13.1. The highest BCUT2D eigenvalue weighted by atomic mass is 16.4. The summed E-state index contributed by atoms with van der Waals surface area (Å²) >= 11 is 0. The molecule has 0 saturated carbocycles. The molecule has 6 heteroatoms. The van der Waals surface area contributed by atoms with Gasteiger partial charge in [0, 0.05) is 25.0 Å². The molecular formula is C45H34N4O2. The monoisotopic (exact) mass is 662 g/mol. The number of benzene rings is 4. The molecule has 0 fully saturated rings. The van der Waals surface area contributed by atoms with E-state index in [-0.39, 0.29) is 0 Å². The van der Waals surface area contributed by atoms with Crippen LogP contribution in [0.5, 0.6) is 0 Å². The highest BCUT2D eigenvalue weighted by Crippen LogP contribution is 2.57. The van der Waals surface area contributed by atoms with Crippen molar-refractivity contribution in [3.05, 3.63) is 179 Å². The fraction of sp³-hybridized carbons (Fsp3) is 0.111.